The van der Waals surface area contributed by atoms with E-state index in [9.17, 15) is 14.7 Å². The highest BCUT2D eigenvalue weighted by Gasteiger charge is 2.37. The Balaban J connectivity index is 1.95. The topological polar surface area (TPSA) is 84.9 Å². The fraction of sp³-hybridized carbons (Fsp3) is 0.375. The van der Waals surface area contributed by atoms with Crippen molar-refractivity contribution < 1.29 is 24.3 Å². The minimum Gasteiger partial charge on any atom is -0.457 e. The van der Waals surface area contributed by atoms with Crippen molar-refractivity contribution in [2.24, 2.45) is 0 Å². The lowest BCUT2D eigenvalue weighted by Gasteiger charge is -2.30. The molecule has 0 aliphatic heterocycles. The van der Waals surface area contributed by atoms with Crippen LogP contribution >= 0.6 is 0 Å². The number of rotatable bonds is 6. The van der Waals surface area contributed by atoms with Crippen molar-refractivity contribution in [3.05, 3.63) is 48.0 Å². The molecule has 1 aliphatic carbocycles. The molecule has 0 saturated heterocycles. The first kappa shape index (κ1) is 16.4. The van der Waals surface area contributed by atoms with Gasteiger partial charge >= 0.3 is 5.97 Å². The van der Waals surface area contributed by atoms with Crippen LogP contribution in [0.5, 0.6) is 0 Å². The summed E-state index contributed by atoms with van der Waals surface area (Å²) in [6, 6.07) is 8.92. The van der Waals surface area contributed by atoms with Gasteiger partial charge < -0.3 is 9.84 Å². The Morgan fingerprint density at radius 2 is 2.05 bits per heavy atom. The lowest BCUT2D eigenvalue weighted by Crippen LogP contribution is -2.52. The number of aliphatic hydroxyl groups excluding tert-OH is 1. The molecule has 0 heterocycles. The SMILES string of the molecule is CCC(=O)O[C@@H]1[C@H](O)C(=O)C=C[C@H]1NOCc1ccccc1. The maximum absolute atomic E-state index is 11.5. The van der Waals surface area contributed by atoms with E-state index in [2.05, 4.69) is 5.48 Å². The number of carbonyl (C=O) groups excluding carboxylic acids is 2. The van der Waals surface area contributed by atoms with E-state index in [0.717, 1.165) is 5.56 Å². The number of carbonyl (C=O) groups is 2. The average Bonchev–Trinajstić information content (AvgIpc) is 2.54. The van der Waals surface area contributed by atoms with Crippen molar-refractivity contribution in [2.75, 3.05) is 0 Å². The molecule has 0 saturated carbocycles. The summed E-state index contributed by atoms with van der Waals surface area (Å²) in [6.45, 7) is 1.95. The molecular weight excluding hydrogens is 286 g/mol. The minimum absolute atomic E-state index is 0.165. The lowest BCUT2D eigenvalue weighted by atomic mass is 9.96. The van der Waals surface area contributed by atoms with Crippen molar-refractivity contribution in [1.82, 2.24) is 5.48 Å². The lowest BCUT2D eigenvalue weighted by molar-refractivity contribution is -0.162. The predicted molar refractivity (Wildman–Crippen MR) is 78.5 cm³/mol. The molecule has 0 amide bonds. The van der Waals surface area contributed by atoms with Gasteiger partial charge in [-0.3, -0.25) is 14.4 Å². The molecule has 0 spiro atoms. The van der Waals surface area contributed by atoms with E-state index >= 15 is 0 Å². The smallest absolute Gasteiger partial charge is 0.305 e. The van der Waals surface area contributed by atoms with Gasteiger partial charge in [0.25, 0.3) is 0 Å². The maximum atomic E-state index is 11.5. The van der Waals surface area contributed by atoms with E-state index in [1.807, 2.05) is 30.3 Å². The molecule has 0 fully saturated rings. The number of benzene rings is 1. The zero-order chi connectivity index (χ0) is 15.9. The average molecular weight is 305 g/mol. The molecule has 2 rings (SSSR count). The zero-order valence-electron chi connectivity index (χ0n) is 12.3. The second-order valence-electron chi connectivity index (χ2n) is 4.93. The van der Waals surface area contributed by atoms with Crippen LogP contribution in [0.3, 0.4) is 0 Å². The first-order valence-corrected chi connectivity index (χ1v) is 7.12. The Morgan fingerprint density at radius 1 is 1.32 bits per heavy atom. The largest absolute Gasteiger partial charge is 0.457 e. The van der Waals surface area contributed by atoms with Crippen LogP contribution in [0.1, 0.15) is 18.9 Å². The fourth-order valence-electron chi connectivity index (χ4n) is 2.04. The van der Waals surface area contributed by atoms with Crippen LogP contribution in [0, 0.1) is 0 Å². The number of nitrogens with one attached hydrogen (secondary N) is 1. The molecule has 2 N–H and O–H groups in total. The van der Waals surface area contributed by atoms with Crippen molar-refractivity contribution >= 4 is 11.8 Å². The molecule has 22 heavy (non-hydrogen) atoms. The predicted octanol–water partition coefficient (Wildman–Crippen LogP) is 0.898. The Morgan fingerprint density at radius 3 is 2.73 bits per heavy atom. The summed E-state index contributed by atoms with van der Waals surface area (Å²) in [7, 11) is 0. The molecule has 118 valence electrons. The molecule has 0 unspecified atom stereocenters. The van der Waals surface area contributed by atoms with E-state index < -0.39 is 30.0 Å². The van der Waals surface area contributed by atoms with Gasteiger partial charge in [0.15, 0.2) is 18.0 Å². The molecular formula is C16H19NO5. The van der Waals surface area contributed by atoms with Crippen LogP contribution in [-0.2, 0) is 25.8 Å². The maximum Gasteiger partial charge on any atom is 0.305 e. The van der Waals surface area contributed by atoms with E-state index in [-0.39, 0.29) is 6.42 Å². The summed E-state index contributed by atoms with van der Waals surface area (Å²) in [5.41, 5.74) is 3.69. The summed E-state index contributed by atoms with van der Waals surface area (Å²) in [5.74, 6) is -0.975. The molecule has 6 nitrogen and oxygen atoms in total. The summed E-state index contributed by atoms with van der Waals surface area (Å²) in [4.78, 5) is 28.3. The van der Waals surface area contributed by atoms with Gasteiger partial charge in [-0.1, -0.05) is 43.3 Å². The molecule has 1 aromatic rings. The molecule has 6 heteroatoms. The Kier molecular flexibility index (Phi) is 5.83. The highest BCUT2D eigenvalue weighted by molar-refractivity contribution is 5.95. The van der Waals surface area contributed by atoms with Crippen LogP contribution in [0.2, 0.25) is 0 Å². The van der Waals surface area contributed by atoms with Crippen molar-refractivity contribution in [3.63, 3.8) is 0 Å². The number of esters is 1. The molecule has 1 aliphatic rings. The number of aliphatic hydroxyl groups is 1. The first-order valence-electron chi connectivity index (χ1n) is 7.12. The third-order valence-corrected chi connectivity index (χ3v) is 3.28. The zero-order valence-corrected chi connectivity index (χ0v) is 12.3. The van der Waals surface area contributed by atoms with Gasteiger partial charge in [-0.05, 0) is 11.6 Å². The Hall–Kier alpha value is -2.02. The van der Waals surface area contributed by atoms with E-state index in [4.69, 9.17) is 9.57 Å². The van der Waals surface area contributed by atoms with Gasteiger partial charge in [0.2, 0.25) is 0 Å². The molecule has 0 aromatic heterocycles. The number of ether oxygens (including phenoxy) is 1. The van der Waals surface area contributed by atoms with Crippen molar-refractivity contribution in [3.8, 4) is 0 Å². The monoisotopic (exact) mass is 305 g/mol. The molecule has 3 atom stereocenters. The standard InChI is InChI=1S/C16H19NO5/c1-2-14(19)22-16-12(8-9-13(18)15(16)20)17-21-10-11-6-4-3-5-7-11/h3-9,12,15-17,20H,2,10H2,1H3/t12-,15-,16+/m1/s1. The van der Waals surface area contributed by atoms with Gasteiger partial charge in [0.05, 0.1) is 12.6 Å². The van der Waals surface area contributed by atoms with Crippen LogP contribution in [0.15, 0.2) is 42.5 Å². The minimum atomic E-state index is -1.39. The number of ketones is 1. The Labute approximate surface area is 128 Å². The van der Waals surface area contributed by atoms with Crippen LogP contribution in [0.25, 0.3) is 0 Å². The number of hydrogen-bond acceptors (Lipinski definition) is 6. The highest BCUT2D eigenvalue weighted by Crippen LogP contribution is 2.15. The number of hydrogen-bond donors (Lipinski definition) is 2. The van der Waals surface area contributed by atoms with Gasteiger partial charge in [-0.25, -0.2) is 0 Å². The summed E-state index contributed by atoms with van der Waals surface area (Å²) in [5, 5.41) is 9.90. The molecule has 1 aromatic carbocycles. The van der Waals surface area contributed by atoms with Gasteiger partial charge in [0.1, 0.15) is 0 Å². The van der Waals surface area contributed by atoms with Gasteiger partial charge in [-0.15, -0.1) is 0 Å². The van der Waals surface area contributed by atoms with Gasteiger partial charge in [0, 0.05) is 6.42 Å². The van der Waals surface area contributed by atoms with Gasteiger partial charge in [-0.2, -0.15) is 5.48 Å². The highest BCUT2D eigenvalue weighted by atomic mass is 16.6. The molecule has 0 bridgehead atoms. The van der Waals surface area contributed by atoms with Crippen LogP contribution < -0.4 is 5.48 Å². The normalized spacial score (nSPS) is 24.3. The second kappa shape index (κ2) is 7.84. The third-order valence-electron chi connectivity index (χ3n) is 3.28. The fourth-order valence-corrected chi connectivity index (χ4v) is 2.04. The first-order chi connectivity index (χ1) is 10.6. The second-order valence-corrected chi connectivity index (χ2v) is 4.93. The Bertz CT molecular complexity index is 543. The summed E-state index contributed by atoms with van der Waals surface area (Å²) in [6.07, 6.45) is 0.552. The van der Waals surface area contributed by atoms with Crippen LogP contribution in [0.4, 0.5) is 0 Å². The summed E-state index contributed by atoms with van der Waals surface area (Å²) < 4.78 is 5.14. The van der Waals surface area contributed by atoms with Crippen molar-refractivity contribution in [1.29, 1.82) is 0 Å². The summed E-state index contributed by atoms with van der Waals surface area (Å²) >= 11 is 0. The van der Waals surface area contributed by atoms with Crippen molar-refractivity contribution in [2.45, 2.75) is 38.2 Å². The van der Waals surface area contributed by atoms with Crippen LogP contribution in [-0.4, -0.2) is 35.1 Å². The van der Waals surface area contributed by atoms with E-state index in [1.54, 1.807) is 6.92 Å². The quantitative estimate of drug-likeness (QED) is 0.600. The van der Waals surface area contributed by atoms with E-state index in [0.29, 0.717) is 6.61 Å². The molecule has 0 radical (unpaired) electrons. The number of hydroxylamine groups is 1. The third kappa shape index (κ3) is 4.24. The van der Waals surface area contributed by atoms with E-state index in [1.165, 1.54) is 12.2 Å².